The van der Waals surface area contributed by atoms with Gasteiger partial charge in [-0.05, 0) is 49.2 Å². The van der Waals surface area contributed by atoms with Crippen LogP contribution in [0.2, 0.25) is 0 Å². The lowest BCUT2D eigenvalue weighted by Gasteiger charge is -2.12. The van der Waals surface area contributed by atoms with E-state index in [2.05, 4.69) is 30.2 Å². The molecule has 1 amide bonds. The molecule has 0 aliphatic carbocycles. The molecule has 25 heavy (non-hydrogen) atoms. The van der Waals surface area contributed by atoms with Crippen LogP contribution in [0.3, 0.4) is 0 Å². The highest BCUT2D eigenvalue weighted by atomic mass is 16.5. The van der Waals surface area contributed by atoms with Crippen molar-refractivity contribution in [1.82, 2.24) is 9.55 Å². The molecule has 0 saturated carbocycles. The van der Waals surface area contributed by atoms with Crippen molar-refractivity contribution in [3.8, 4) is 11.5 Å². The molecule has 0 spiro atoms. The first-order valence-electron chi connectivity index (χ1n) is 7.95. The summed E-state index contributed by atoms with van der Waals surface area (Å²) in [5.41, 5.74) is 4.79. The van der Waals surface area contributed by atoms with Crippen LogP contribution in [0.1, 0.15) is 11.1 Å². The van der Waals surface area contributed by atoms with Crippen LogP contribution in [-0.4, -0.2) is 29.7 Å². The minimum Gasteiger partial charge on any atom is -0.497 e. The second-order valence-electron chi connectivity index (χ2n) is 5.91. The van der Waals surface area contributed by atoms with Crippen molar-refractivity contribution in [2.45, 2.75) is 20.4 Å². The maximum Gasteiger partial charge on any atom is 0.244 e. The number of carbonyl (C=O) groups excluding carboxylic acids is 1. The van der Waals surface area contributed by atoms with Gasteiger partial charge in [-0.2, -0.15) is 0 Å². The number of methoxy groups -OCH3 is 2. The number of amides is 1. The Hall–Kier alpha value is -3.02. The minimum absolute atomic E-state index is 0.152. The summed E-state index contributed by atoms with van der Waals surface area (Å²) in [6, 6.07) is 9.35. The average molecular weight is 339 g/mol. The quantitative estimate of drug-likeness (QED) is 0.774. The van der Waals surface area contributed by atoms with Crippen molar-refractivity contribution in [3.63, 3.8) is 0 Å². The van der Waals surface area contributed by atoms with Crippen LogP contribution >= 0.6 is 0 Å². The number of aryl methyl sites for hydroxylation is 2. The van der Waals surface area contributed by atoms with E-state index in [-0.39, 0.29) is 12.5 Å². The number of hydrogen-bond donors (Lipinski definition) is 1. The first-order valence-corrected chi connectivity index (χ1v) is 7.95. The summed E-state index contributed by atoms with van der Waals surface area (Å²) < 4.78 is 12.3. The van der Waals surface area contributed by atoms with Gasteiger partial charge in [0.2, 0.25) is 5.91 Å². The molecule has 0 fully saturated rings. The Morgan fingerprint density at radius 2 is 1.88 bits per heavy atom. The summed E-state index contributed by atoms with van der Waals surface area (Å²) >= 11 is 0. The third-order valence-electron chi connectivity index (χ3n) is 4.23. The fraction of sp³-hybridized carbons (Fsp3) is 0.263. The minimum atomic E-state index is -0.152. The van der Waals surface area contributed by atoms with E-state index in [1.807, 2.05) is 10.6 Å². The highest BCUT2D eigenvalue weighted by Gasteiger charge is 2.12. The number of nitrogens with one attached hydrogen (secondary N) is 1. The van der Waals surface area contributed by atoms with E-state index in [4.69, 9.17) is 9.47 Å². The maximum atomic E-state index is 12.5. The third kappa shape index (κ3) is 3.42. The Balaban J connectivity index is 1.80. The third-order valence-corrected chi connectivity index (χ3v) is 4.23. The lowest BCUT2D eigenvalue weighted by molar-refractivity contribution is -0.116. The predicted octanol–water partition coefficient (Wildman–Crippen LogP) is 3.31. The van der Waals surface area contributed by atoms with Gasteiger partial charge in [0.25, 0.3) is 0 Å². The summed E-state index contributed by atoms with van der Waals surface area (Å²) in [4.78, 5) is 16.8. The molecule has 1 N–H and O–H groups in total. The number of anilines is 1. The lowest BCUT2D eigenvalue weighted by Crippen LogP contribution is -2.18. The SMILES string of the molecule is COc1ccc(NC(=O)Cn2cnc3cc(C)c(C)cc32)c(OC)c1. The molecule has 6 nitrogen and oxygen atoms in total. The van der Waals surface area contributed by atoms with Gasteiger partial charge in [-0.3, -0.25) is 4.79 Å². The summed E-state index contributed by atoms with van der Waals surface area (Å²) in [6.07, 6.45) is 1.69. The van der Waals surface area contributed by atoms with Crippen LogP contribution in [0.5, 0.6) is 11.5 Å². The van der Waals surface area contributed by atoms with Gasteiger partial charge in [-0.25, -0.2) is 4.98 Å². The number of rotatable bonds is 5. The molecule has 0 bridgehead atoms. The topological polar surface area (TPSA) is 65.4 Å². The zero-order chi connectivity index (χ0) is 18.0. The van der Waals surface area contributed by atoms with Crippen molar-refractivity contribution >= 4 is 22.6 Å². The molecule has 1 heterocycles. The smallest absolute Gasteiger partial charge is 0.244 e. The second-order valence-corrected chi connectivity index (χ2v) is 5.91. The van der Waals surface area contributed by atoms with Crippen molar-refractivity contribution in [2.75, 3.05) is 19.5 Å². The molecule has 0 atom stereocenters. The van der Waals surface area contributed by atoms with Gasteiger partial charge in [-0.15, -0.1) is 0 Å². The Morgan fingerprint density at radius 1 is 1.12 bits per heavy atom. The van der Waals surface area contributed by atoms with Gasteiger partial charge in [0.1, 0.15) is 18.0 Å². The number of carbonyl (C=O) groups is 1. The standard InChI is InChI=1S/C19H21N3O3/c1-12-7-16-17(8-13(12)2)22(11-20-16)10-19(23)21-15-6-5-14(24-3)9-18(15)25-4/h5-9,11H,10H2,1-4H3,(H,21,23). The fourth-order valence-electron chi connectivity index (χ4n) is 2.69. The van der Waals surface area contributed by atoms with E-state index < -0.39 is 0 Å². The number of aromatic nitrogens is 2. The molecule has 2 aromatic carbocycles. The molecule has 130 valence electrons. The molecule has 6 heteroatoms. The van der Waals surface area contributed by atoms with Crippen LogP contribution in [0, 0.1) is 13.8 Å². The van der Waals surface area contributed by atoms with Crippen molar-refractivity contribution in [2.24, 2.45) is 0 Å². The van der Waals surface area contributed by atoms with E-state index in [9.17, 15) is 4.79 Å². The summed E-state index contributed by atoms with van der Waals surface area (Å²) in [6.45, 7) is 4.28. The van der Waals surface area contributed by atoms with E-state index >= 15 is 0 Å². The van der Waals surface area contributed by atoms with E-state index in [1.165, 1.54) is 11.1 Å². The fourth-order valence-corrected chi connectivity index (χ4v) is 2.69. The normalized spacial score (nSPS) is 10.7. The number of nitrogens with zero attached hydrogens (tertiary/aromatic N) is 2. The van der Waals surface area contributed by atoms with Gasteiger partial charge in [0, 0.05) is 6.07 Å². The molecular weight excluding hydrogens is 318 g/mol. The average Bonchev–Trinajstić information content (AvgIpc) is 2.97. The van der Waals surface area contributed by atoms with Gasteiger partial charge < -0.3 is 19.4 Å². The molecule has 0 radical (unpaired) electrons. The Labute approximate surface area is 146 Å². The molecule has 0 unspecified atom stereocenters. The van der Waals surface area contributed by atoms with Crippen LogP contribution in [0.25, 0.3) is 11.0 Å². The predicted molar refractivity (Wildman–Crippen MR) is 97.4 cm³/mol. The molecule has 0 aliphatic rings. The molecule has 1 aromatic heterocycles. The monoisotopic (exact) mass is 339 g/mol. The van der Waals surface area contributed by atoms with E-state index in [0.29, 0.717) is 17.2 Å². The number of fused-ring (bicyclic) bond motifs is 1. The van der Waals surface area contributed by atoms with Crippen molar-refractivity contribution < 1.29 is 14.3 Å². The van der Waals surface area contributed by atoms with Gasteiger partial charge in [-0.1, -0.05) is 0 Å². The first-order chi connectivity index (χ1) is 12.0. The number of hydrogen-bond acceptors (Lipinski definition) is 4. The van der Waals surface area contributed by atoms with Crippen LogP contribution in [0.4, 0.5) is 5.69 Å². The maximum absolute atomic E-state index is 12.5. The molecule has 3 aromatic rings. The van der Waals surface area contributed by atoms with Gasteiger partial charge >= 0.3 is 0 Å². The number of benzene rings is 2. The molecular formula is C19H21N3O3. The highest BCUT2D eigenvalue weighted by molar-refractivity contribution is 5.93. The number of ether oxygens (including phenoxy) is 2. The zero-order valence-electron chi connectivity index (χ0n) is 14.8. The van der Waals surface area contributed by atoms with E-state index in [0.717, 1.165) is 11.0 Å². The molecule has 0 aliphatic heterocycles. The molecule has 0 saturated heterocycles. The summed E-state index contributed by atoms with van der Waals surface area (Å²) in [5.74, 6) is 1.07. The summed E-state index contributed by atoms with van der Waals surface area (Å²) in [7, 11) is 3.14. The van der Waals surface area contributed by atoms with Crippen LogP contribution in [0.15, 0.2) is 36.7 Å². The molecule has 3 rings (SSSR count). The van der Waals surface area contributed by atoms with Crippen LogP contribution in [-0.2, 0) is 11.3 Å². The summed E-state index contributed by atoms with van der Waals surface area (Å²) in [5, 5.41) is 2.87. The Morgan fingerprint density at radius 3 is 2.60 bits per heavy atom. The zero-order valence-corrected chi connectivity index (χ0v) is 14.8. The van der Waals surface area contributed by atoms with Crippen LogP contribution < -0.4 is 14.8 Å². The van der Waals surface area contributed by atoms with Gasteiger partial charge in [0.15, 0.2) is 0 Å². The Bertz CT molecular complexity index is 931. The van der Waals surface area contributed by atoms with Gasteiger partial charge in [0.05, 0.1) is 37.3 Å². The highest BCUT2D eigenvalue weighted by Crippen LogP contribution is 2.29. The Kier molecular flexibility index (Phi) is 4.61. The lowest BCUT2D eigenvalue weighted by atomic mass is 10.1. The second kappa shape index (κ2) is 6.84. The number of imidazole rings is 1. The van der Waals surface area contributed by atoms with Crippen molar-refractivity contribution in [1.29, 1.82) is 0 Å². The van der Waals surface area contributed by atoms with E-state index in [1.54, 1.807) is 38.7 Å². The van der Waals surface area contributed by atoms with Crippen molar-refractivity contribution in [3.05, 3.63) is 47.8 Å². The first kappa shape index (κ1) is 16.8. The largest absolute Gasteiger partial charge is 0.497 e.